The molecule has 0 bridgehead atoms. The lowest BCUT2D eigenvalue weighted by Gasteiger charge is -2.22. The van der Waals surface area contributed by atoms with Crippen LogP contribution in [0.5, 0.6) is 0 Å². The molecule has 0 rings (SSSR count). The number of rotatable bonds is 71. The average Bonchev–Trinajstić information content (AvgIpc) is 3.47. The number of esters is 1. The Morgan fingerprint density at radius 2 is 0.580 bits per heavy atom. The van der Waals surface area contributed by atoms with Gasteiger partial charge >= 0.3 is 5.97 Å². The summed E-state index contributed by atoms with van der Waals surface area (Å²) in [5.41, 5.74) is 0. The van der Waals surface area contributed by atoms with Gasteiger partial charge in [0, 0.05) is 12.8 Å². The first-order valence-electron chi connectivity index (χ1n) is 37.4. The molecule has 0 fully saturated rings. The minimum absolute atomic E-state index is 0.0159. The van der Waals surface area contributed by atoms with E-state index in [-0.39, 0.29) is 18.5 Å². The van der Waals surface area contributed by atoms with Crippen molar-refractivity contribution >= 4 is 11.9 Å². The molecule has 0 aromatic carbocycles. The smallest absolute Gasteiger partial charge is 0.305 e. The standard InChI is InChI=1S/C75H147NO5/c1-3-5-7-9-11-13-15-17-19-21-23-24-25-26-29-32-35-39-43-47-51-55-59-63-67-73(78)72(71-77)76-74(79)68-64-60-56-52-48-44-40-36-33-30-27-28-31-34-38-42-46-50-54-58-62-66-70-81-75(80)69-65-61-57-53-49-45-41-37-22-20-18-16-14-12-10-8-6-4-2/h30,33,72-73,77-78H,3-29,31-32,34-71H2,1-2H3,(H,76,79)/b33-30-. The van der Waals surface area contributed by atoms with E-state index in [9.17, 15) is 19.8 Å². The second kappa shape index (κ2) is 71.1. The van der Waals surface area contributed by atoms with Gasteiger partial charge in [-0.2, -0.15) is 0 Å². The predicted octanol–water partition coefficient (Wildman–Crippen LogP) is 24.3. The Morgan fingerprint density at radius 1 is 0.333 bits per heavy atom. The fourth-order valence-corrected chi connectivity index (χ4v) is 12.1. The number of carbonyl (C=O) groups excluding carboxylic acids is 2. The van der Waals surface area contributed by atoms with Gasteiger partial charge in [-0.3, -0.25) is 9.59 Å². The minimum atomic E-state index is -0.670. The largest absolute Gasteiger partial charge is 0.466 e. The second-order valence-electron chi connectivity index (χ2n) is 26.0. The first-order chi connectivity index (χ1) is 40.0. The van der Waals surface area contributed by atoms with Crippen LogP contribution in [0.1, 0.15) is 431 Å². The van der Waals surface area contributed by atoms with E-state index in [1.54, 1.807) is 0 Å². The van der Waals surface area contributed by atoms with E-state index in [2.05, 4.69) is 31.3 Å². The lowest BCUT2D eigenvalue weighted by Crippen LogP contribution is -2.45. The summed E-state index contributed by atoms with van der Waals surface area (Å²) in [5.74, 6) is -0.0205. The highest BCUT2D eigenvalue weighted by Crippen LogP contribution is 2.20. The van der Waals surface area contributed by atoms with Crippen molar-refractivity contribution in [2.45, 2.75) is 443 Å². The van der Waals surface area contributed by atoms with Crippen molar-refractivity contribution in [1.29, 1.82) is 0 Å². The van der Waals surface area contributed by atoms with Crippen molar-refractivity contribution in [3.05, 3.63) is 12.2 Å². The van der Waals surface area contributed by atoms with Crippen molar-refractivity contribution < 1.29 is 24.5 Å². The van der Waals surface area contributed by atoms with E-state index in [0.717, 1.165) is 38.5 Å². The molecule has 6 heteroatoms. The average molecular weight is 1140 g/mol. The summed E-state index contributed by atoms with van der Waals surface area (Å²) in [6, 6.07) is -0.548. The Kier molecular flexibility index (Phi) is 69.9. The number of allylic oxidation sites excluding steroid dienone is 2. The summed E-state index contributed by atoms with van der Waals surface area (Å²) >= 11 is 0. The Labute approximate surface area is 508 Å². The maximum Gasteiger partial charge on any atom is 0.305 e. The van der Waals surface area contributed by atoms with Crippen LogP contribution in [0.4, 0.5) is 0 Å². The molecule has 0 aliphatic rings. The first kappa shape index (κ1) is 79.6. The van der Waals surface area contributed by atoms with Gasteiger partial charge in [0.25, 0.3) is 0 Å². The molecule has 0 saturated carbocycles. The van der Waals surface area contributed by atoms with Crippen LogP contribution in [-0.4, -0.2) is 47.4 Å². The molecule has 2 unspecified atom stereocenters. The van der Waals surface area contributed by atoms with Gasteiger partial charge in [-0.15, -0.1) is 0 Å². The van der Waals surface area contributed by atoms with Crippen LogP contribution in [0.15, 0.2) is 12.2 Å². The van der Waals surface area contributed by atoms with Gasteiger partial charge in [0.1, 0.15) is 0 Å². The van der Waals surface area contributed by atoms with Gasteiger partial charge < -0.3 is 20.3 Å². The van der Waals surface area contributed by atoms with Crippen molar-refractivity contribution in [3.63, 3.8) is 0 Å². The molecule has 0 aliphatic carbocycles. The van der Waals surface area contributed by atoms with E-state index >= 15 is 0 Å². The predicted molar refractivity (Wildman–Crippen MR) is 357 cm³/mol. The topological polar surface area (TPSA) is 95.9 Å². The highest BCUT2D eigenvalue weighted by Gasteiger charge is 2.20. The van der Waals surface area contributed by atoms with Crippen molar-refractivity contribution in [2.24, 2.45) is 0 Å². The Bertz CT molecular complexity index is 1220. The van der Waals surface area contributed by atoms with Crippen LogP contribution >= 0.6 is 0 Å². The molecule has 6 nitrogen and oxygen atoms in total. The SMILES string of the molecule is CCCCCCCCCCCCCCCCCCCCCCCCCCC(O)C(CO)NC(=O)CCCCCCCCC/C=C\CCCCCCCCCCCCCOC(=O)CCCCCCCCCCCCCCCCCCCC. The number of carbonyl (C=O) groups is 2. The summed E-state index contributed by atoms with van der Waals surface area (Å²) in [4.78, 5) is 24.7. The summed E-state index contributed by atoms with van der Waals surface area (Å²) in [6.45, 7) is 5.00. The fourth-order valence-electron chi connectivity index (χ4n) is 12.1. The third-order valence-electron chi connectivity index (χ3n) is 17.8. The number of hydrogen-bond donors (Lipinski definition) is 3. The third kappa shape index (κ3) is 67.6. The van der Waals surface area contributed by atoms with Gasteiger partial charge in [-0.05, 0) is 51.4 Å². The van der Waals surface area contributed by atoms with Gasteiger partial charge in [0.05, 0.1) is 25.4 Å². The number of nitrogens with one attached hydrogen (secondary N) is 1. The minimum Gasteiger partial charge on any atom is -0.466 e. The van der Waals surface area contributed by atoms with Gasteiger partial charge in [-0.25, -0.2) is 0 Å². The van der Waals surface area contributed by atoms with Crippen molar-refractivity contribution in [3.8, 4) is 0 Å². The maximum absolute atomic E-state index is 12.6. The molecule has 0 aromatic rings. The maximum atomic E-state index is 12.6. The van der Waals surface area contributed by atoms with E-state index in [0.29, 0.717) is 25.9 Å². The van der Waals surface area contributed by atoms with E-state index in [4.69, 9.17) is 4.74 Å². The summed E-state index contributed by atoms with van der Waals surface area (Å²) in [7, 11) is 0. The molecule has 0 saturated heterocycles. The first-order valence-corrected chi connectivity index (χ1v) is 37.4. The molecule has 2 atom stereocenters. The molecule has 81 heavy (non-hydrogen) atoms. The van der Waals surface area contributed by atoms with Gasteiger partial charge in [0.2, 0.25) is 5.91 Å². The van der Waals surface area contributed by atoms with Crippen LogP contribution in [-0.2, 0) is 14.3 Å². The zero-order valence-electron chi connectivity index (χ0n) is 55.3. The number of amides is 1. The zero-order valence-corrected chi connectivity index (χ0v) is 55.3. The van der Waals surface area contributed by atoms with Crippen molar-refractivity contribution in [2.75, 3.05) is 13.2 Å². The Balaban J connectivity index is 3.39. The van der Waals surface area contributed by atoms with Gasteiger partial charge in [-0.1, -0.05) is 379 Å². The monoisotopic (exact) mass is 1140 g/mol. The molecule has 0 aromatic heterocycles. The molecule has 482 valence electrons. The van der Waals surface area contributed by atoms with Crippen LogP contribution < -0.4 is 5.32 Å². The van der Waals surface area contributed by atoms with E-state index < -0.39 is 12.1 Å². The van der Waals surface area contributed by atoms with Crippen LogP contribution in [0.2, 0.25) is 0 Å². The van der Waals surface area contributed by atoms with Crippen molar-refractivity contribution in [1.82, 2.24) is 5.32 Å². The third-order valence-corrected chi connectivity index (χ3v) is 17.8. The summed E-state index contributed by atoms with van der Waals surface area (Å²) < 4.78 is 5.51. The number of ether oxygens (including phenoxy) is 1. The Hall–Kier alpha value is -1.40. The second-order valence-corrected chi connectivity index (χ2v) is 26.0. The van der Waals surface area contributed by atoms with Crippen LogP contribution in [0, 0.1) is 0 Å². The van der Waals surface area contributed by atoms with Gasteiger partial charge in [0.15, 0.2) is 0 Å². The molecule has 1 amide bonds. The number of aliphatic hydroxyl groups is 2. The Morgan fingerprint density at radius 3 is 0.877 bits per heavy atom. The number of hydrogen-bond acceptors (Lipinski definition) is 5. The summed E-state index contributed by atoms with van der Waals surface area (Å²) in [5, 5.41) is 23.5. The highest BCUT2D eigenvalue weighted by atomic mass is 16.5. The van der Waals surface area contributed by atoms with E-state index in [1.165, 1.54) is 360 Å². The lowest BCUT2D eigenvalue weighted by molar-refractivity contribution is -0.143. The summed E-state index contributed by atoms with van der Waals surface area (Å²) in [6.07, 6.45) is 88.4. The van der Waals surface area contributed by atoms with Crippen LogP contribution in [0.3, 0.4) is 0 Å². The fraction of sp³-hybridized carbons (Fsp3) is 0.947. The lowest BCUT2D eigenvalue weighted by atomic mass is 10.0. The number of unbranched alkanes of at least 4 members (excludes halogenated alkanes) is 58. The zero-order chi connectivity index (χ0) is 58.5. The van der Waals surface area contributed by atoms with Crippen LogP contribution in [0.25, 0.3) is 0 Å². The highest BCUT2D eigenvalue weighted by molar-refractivity contribution is 5.76. The van der Waals surface area contributed by atoms with E-state index in [1.807, 2.05) is 0 Å². The molecule has 0 spiro atoms. The number of aliphatic hydroxyl groups excluding tert-OH is 2. The quantitative estimate of drug-likeness (QED) is 0.0320. The normalized spacial score (nSPS) is 12.5. The molecular formula is C75H147NO5. The molecule has 0 heterocycles. The molecule has 0 aliphatic heterocycles. The molecule has 0 radical (unpaired) electrons. The molecular weight excluding hydrogens is 995 g/mol. The molecule has 3 N–H and O–H groups in total.